The van der Waals surface area contributed by atoms with Crippen LogP contribution in [-0.4, -0.2) is 40.1 Å². The molecule has 1 amide bonds. The van der Waals surface area contributed by atoms with Gasteiger partial charge < -0.3 is 19.9 Å². The van der Waals surface area contributed by atoms with Crippen molar-refractivity contribution >= 4 is 34.4 Å². The number of carboxylic acid groups (broad SMARTS) is 1. The van der Waals surface area contributed by atoms with Gasteiger partial charge in [0, 0.05) is 16.9 Å². The third kappa shape index (κ3) is 2.96. The highest BCUT2D eigenvalue weighted by atomic mass is 16.6. The van der Waals surface area contributed by atoms with Crippen LogP contribution in [0.2, 0.25) is 0 Å². The average Bonchev–Trinajstić information content (AvgIpc) is 3.02. The first-order valence-electron chi connectivity index (χ1n) is 10.8. The summed E-state index contributed by atoms with van der Waals surface area (Å²) in [6, 6.07) is 6.55. The number of fused-ring (bicyclic) bond motifs is 3. The molecule has 8 heteroatoms. The number of rotatable bonds is 6. The summed E-state index contributed by atoms with van der Waals surface area (Å²) in [5.41, 5.74) is -2.25. The molecule has 2 bridgehead atoms. The predicted octanol–water partition coefficient (Wildman–Crippen LogP) is 4.03. The van der Waals surface area contributed by atoms with Gasteiger partial charge in [-0.05, 0) is 37.8 Å². The van der Waals surface area contributed by atoms with E-state index >= 15 is 0 Å². The van der Waals surface area contributed by atoms with Crippen LogP contribution in [0.4, 0.5) is 5.69 Å². The highest BCUT2D eigenvalue weighted by Crippen LogP contribution is 2.65. The Morgan fingerprint density at radius 3 is 2.53 bits per heavy atom. The number of hydrogen-bond acceptors (Lipinski definition) is 6. The largest absolute Gasteiger partial charge is 0.493 e. The summed E-state index contributed by atoms with van der Waals surface area (Å²) in [5.74, 6) is -1.37. The summed E-state index contributed by atoms with van der Waals surface area (Å²) < 4.78 is 11.5. The summed E-state index contributed by atoms with van der Waals surface area (Å²) in [4.78, 5) is 42.0. The smallest absolute Gasteiger partial charge is 0.354 e. The number of carbonyl (C=O) groups excluding carboxylic acids is 2. The molecule has 2 atom stereocenters. The molecular weight excluding hydrogens is 412 g/mol. The van der Waals surface area contributed by atoms with E-state index in [0.29, 0.717) is 41.8 Å². The lowest BCUT2D eigenvalue weighted by atomic mass is 9.66. The Labute approximate surface area is 186 Å². The Morgan fingerprint density at radius 1 is 1.25 bits per heavy atom. The van der Waals surface area contributed by atoms with Crippen molar-refractivity contribution in [2.45, 2.75) is 53.1 Å². The molecular formula is C24H28N2O6. The fraction of sp³-hybridized carbons (Fsp3) is 0.500. The molecule has 2 fully saturated rings. The number of hydrogen-bond donors (Lipinski definition) is 2. The molecule has 2 aromatic rings. The van der Waals surface area contributed by atoms with E-state index in [0.717, 1.165) is 0 Å². The van der Waals surface area contributed by atoms with Crippen molar-refractivity contribution in [3.8, 4) is 5.75 Å². The number of carbonyl (C=O) groups is 3. The zero-order valence-electron chi connectivity index (χ0n) is 18.9. The fourth-order valence-corrected chi connectivity index (χ4v) is 4.77. The van der Waals surface area contributed by atoms with E-state index in [-0.39, 0.29) is 17.6 Å². The lowest BCUT2D eigenvalue weighted by Crippen LogP contribution is -2.50. The summed E-state index contributed by atoms with van der Waals surface area (Å²) in [6.07, 6.45) is 0.992. The summed E-state index contributed by atoms with van der Waals surface area (Å²) >= 11 is 0. The van der Waals surface area contributed by atoms with E-state index in [9.17, 15) is 19.5 Å². The molecule has 32 heavy (non-hydrogen) atoms. The Bertz CT molecular complexity index is 1140. The predicted molar refractivity (Wildman–Crippen MR) is 118 cm³/mol. The second-order valence-electron chi connectivity index (χ2n) is 9.85. The maximum atomic E-state index is 13.5. The van der Waals surface area contributed by atoms with Gasteiger partial charge in [-0.15, -0.1) is 0 Å². The third-order valence-corrected chi connectivity index (χ3v) is 7.29. The molecule has 2 N–H and O–H groups in total. The average molecular weight is 440 g/mol. The standard InChI is InChI=1S/C24H28N2O6/c1-13(2)12-31-17-11-16(19(27)28)25-18-14(17)7-6-8-15(18)26-20(29)24-10-9-23(5,21(30)32-24)22(24,3)4/h6-8,11,13H,9-10,12H2,1-5H3,(H,26,29)(H,27,28)/t23-,24+/m0/s1. The summed E-state index contributed by atoms with van der Waals surface area (Å²) in [6.45, 7) is 9.99. The number of esters is 1. The highest BCUT2D eigenvalue weighted by Gasteiger charge is 2.75. The maximum Gasteiger partial charge on any atom is 0.354 e. The molecule has 170 valence electrons. The van der Waals surface area contributed by atoms with Crippen molar-refractivity contribution in [2.24, 2.45) is 16.7 Å². The lowest BCUT2D eigenvalue weighted by molar-refractivity contribution is -0.165. The van der Waals surface area contributed by atoms with E-state index in [2.05, 4.69) is 10.3 Å². The first-order chi connectivity index (χ1) is 14.9. The quantitative estimate of drug-likeness (QED) is 0.652. The number of para-hydroxylation sites is 1. The number of nitrogens with zero attached hydrogens (tertiary/aromatic N) is 1. The maximum absolute atomic E-state index is 13.5. The van der Waals surface area contributed by atoms with Crippen molar-refractivity contribution < 1.29 is 29.0 Å². The number of nitrogens with one attached hydrogen (secondary N) is 1. The number of pyridine rings is 1. The van der Waals surface area contributed by atoms with E-state index < -0.39 is 28.3 Å². The Morgan fingerprint density at radius 2 is 1.97 bits per heavy atom. The lowest BCUT2D eigenvalue weighted by Gasteiger charge is -2.35. The van der Waals surface area contributed by atoms with Crippen LogP contribution in [0, 0.1) is 16.7 Å². The summed E-state index contributed by atoms with van der Waals surface area (Å²) in [5, 5.41) is 13.0. The van der Waals surface area contributed by atoms with Crippen molar-refractivity contribution in [2.75, 3.05) is 11.9 Å². The van der Waals surface area contributed by atoms with Crippen LogP contribution in [0.1, 0.15) is 57.9 Å². The molecule has 1 saturated heterocycles. The van der Waals surface area contributed by atoms with Gasteiger partial charge in [-0.3, -0.25) is 9.59 Å². The minimum Gasteiger partial charge on any atom is -0.493 e. The van der Waals surface area contributed by atoms with Crippen molar-refractivity contribution in [1.82, 2.24) is 4.98 Å². The van der Waals surface area contributed by atoms with Crippen LogP contribution in [0.15, 0.2) is 24.3 Å². The molecule has 4 rings (SSSR count). The van der Waals surface area contributed by atoms with Gasteiger partial charge in [0.25, 0.3) is 5.91 Å². The van der Waals surface area contributed by atoms with Gasteiger partial charge in [0.05, 0.1) is 23.2 Å². The number of aromatic carboxylic acids is 1. The SMILES string of the molecule is CC(C)COc1cc(C(=O)O)nc2c(NC(=O)[C@@]34CC[C@@](C)(C(=O)O3)C4(C)C)cccc12. The first kappa shape index (κ1) is 22.0. The van der Waals surface area contributed by atoms with Gasteiger partial charge in [-0.2, -0.15) is 0 Å². The van der Waals surface area contributed by atoms with Crippen LogP contribution in [0.5, 0.6) is 5.75 Å². The molecule has 2 aliphatic rings. The second kappa shape index (κ2) is 7.18. The topological polar surface area (TPSA) is 115 Å². The molecule has 8 nitrogen and oxygen atoms in total. The number of ether oxygens (including phenoxy) is 2. The number of anilines is 1. The van der Waals surface area contributed by atoms with Crippen LogP contribution < -0.4 is 10.1 Å². The first-order valence-corrected chi connectivity index (χ1v) is 10.8. The van der Waals surface area contributed by atoms with Gasteiger partial charge >= 0.3 is 11.9 Å². The number of benzene rings is 1. The van der Waals surface area contributed by atoms with Gasteiger partial charge in [0.15, 0.2) is 11.3 Å². The molecule has 0 radical (unpaired) electrons. The van der Waals surface area contributed by atoms with Crippen LogP contribution in [0.3, 0.4) is 0 Å². The monoisotopic (exact) mass is 440 g/mol. The Hall–Kier alpha value is -3.16. The van der Waals surface area contributed by atoms with E-state index in [1.54, 1.807) is 18.2 Å². The number of aromatic nitrogens is 1. The Kier molecular flexibility index (Phi) is 4.95. The normalized spacial score (nSPS) is 25.8. The molecule has 1 aliphatic carbocycles. The second-order valence-corrected chi connectivity index (χ2v) is 9.85. The molecule has 2 heterocycles. The Balaban J connectivity index is 1.76. The van der Waals surface area contributed by atoms with Crippen molar-refractivity contribution in [1.29, 1.82) is 0 Å². The molecule has 1 aromatic heterocycles. The molecule has 1 aliphatic heterocycles. The zero-order valence-corrected chi connectivity index (χ0v) is 18.9. The minimum atomic E-state index is -1.29. The number of amides is 1. The fourth-order valence-electron chi connectivity index (χ4n) is 4.77. The van der Waals surface area contributed by atoms with Crippen LogP contribution >= 0.6 is 0 Å². The molecule has 0 spiro atoms. The van der Waals surface area contributed by atoms with E-state index in [1.165, 1.54) is 6.07 Å². The molecule has 1 aromatic carbocycles. The minimum absolute atomic E-state index is 0.183. The van der Waals surface area contributed by atoms with E-state index in [1.807, 2.05) is 34.6 Å². The van der Waals surface area contributed by atoms with Gasteiger partial charge in [-0.1, -0.05) is 33.8 Å². The van der Waals surface area contributed by atoms with Crippen molar-refractivity contribution in [3.63, 3.8) is 0 Å². The van der Waals surface area contributed by atoms with Gasteiger partial charge in [-0.25, -0.2) is 9.78 Å². The third-order valence-electron chi connectivity index (χ3n) is 7.29. The zero-order chi connectivity index (χ0) is 23.5. The molecule has 0 unspecified atom stereocenters. The van der Waals surface area contributed by atoms with Gasteiger partial charge in [0.2, 0.25) is 0 Å². The van der Waals surface area contributed by atoms with Crippen LogP contribution in [-0.2, 0) is 14.3 Å². The number of carboxylic acids is 1. The summed E-state index contributed by atoms with van der Waals surface area (Å²) in [7, 11) is 0. The van der Waals surface area contributed by atoms with Gasteiger partial charge in [0.1, 0.15) is 5.75 Å². The van der Waals surface area contributed by atoms with Crippen molar-refractivity contribution in [3.05, 3.63) is 30.0 Å². The molecule has 1 saturated carbocycles. The highest BCUT2D eigenvalue weighted by molar-refractivity contribution is 6.08. The van der Waals surface area contributed by atoms with E-state index in [4.69, 9.17) is 9.47 Å². The van der Waals surface area contributed by atoms with Crippen LogP contribution in [0.25, 0.3) is 10.9 Å².